The molecule has 0 saturated heterocycles. The topological polar surface area (TPSA) is 58.5 Å². The zero-order chi connectivity index (χ0) is 18.2. The normalized spacial score (nSPS) is 16.5. The van der Waals surface area contributed by atoms with Gasteiger partial charge in [0, 0.05) is 32.4 Å². The lowest BCUT2D eigenvalue weighted by atomic mass is 10.1. The Hall–Kier alpha value is -2.08. The van der Waals surface area contributed by atoms with Crippen molar-refractivity contribution < 1.29 is 4.74 Å². The van der Waals surface area contributed by atoms with Crippen molar-refractivity contribution in [3.8, 4) is 5.88 Å². The Balaban J connectivity index is 1.43. The van der Waals surface area contributed by atoms with E-state index in [-0.39, 0.29) is 0 Å². The smallest absolute Gasteiger partial charge is 0.213 e. The van der Waals surface area contributed by atoms with Gasteiger partial charge in [0.15, 0.2) is 5.96 Å². The molecule has 3 rings (SSSR count). The molecule has 1 saturated carbocycles. The van der Waals surface area contributed by atoms with Crippen molar-refractivity contribution in [3.05, 3.63) is 46.3 Å². The SMILES string of the molecule is CN=C(NCc1ccc(OC2CCCC2)nc1)NCC(C)c1ccsc1. The summed E-state index contributed by atoms with van der Waals surface area (Å²) in [5.41, 5.74) is 2.47. The molecule has 0 amide bonds. The molecular weight excluding hydrogens is 344 g/mol. The molecule has 6 heteroatoms. The van der Waals surface area contributed by atoms with Gasteiger partial charge in [0.1, 0.15) is 6.10 Å². The van der Waals surface area contributed by atoms with Gasteiger partial charge in [-0.15, -0.1) is 0 Å². The summed E-state index contributed by atoms with van der Waals surface area (Å²) in [6.45, 7) is 3.75. The minimum atomic E-state index is 0.347. The molecule has 0 aromatic carbocycles. The Morgan fingerprint density at radius 3 is 2.81 bits per heavy atom. The molecule has 1 aliphatic rings. The molecule has 2 heterocycles. The van der Waals surface area contributed by atoms with Gasteiger partial charge in [-0.05, 0) is 59.6 Å². The molecule has 1 unspecified atom stereocenters. The maximum Gasteiger partial charge on any atom is 0.213 e. The lowest BCUT2D eigenvalue weighted by Gasteiger charge is -2.16. The third-order valence-electron chi connectivity index (χ3n) is 4.76. The Kier molecular flexibility index (Phi) is 6.89. The van der Waals surface area contributed by atoms with Crippen LogP contribution >= 0.6 is 11.3 Å². The Labute approximate surface area is 159 Å². The van der Waals surface area contributed by atoms with Gasteiger partial charge >= 0.3 is 0 Å². The molecule has 0 aliphatic heterocycles. The van der Waals surface area contributed by atoms with Crippen molar-refractivity contribution in [3.63, 3.8) is 0 Å². The average molecular weight is 373 g/mol. The third-order valence-corrected chi connectivity index (χ3v) is 5.46. The number of nitrogens with one attached hydrogen (secondary N) is 2. The number of rotatable bonds is 7. The van der Waals surface area contributed by atoms with Gasteiger partial charge in [0.05, 0.1) is 0 Å². The van der Waals surface area contributed by atoms with Crippen LogP contribution in [0, 0.1) is 0 Å². The summed E-state index contributed by atoms with van der Waals surface area (Å²) in [5, 5.41) is 11.0. The molecule has 26 heavy (non-hydrogen) atoms. The summed E-state index contributed by atoms with van der Waals surface area (Å²) in [6, 6.07) is 6.20. The number of aliphatic imine (C=N–C) groups is 1. The first-order chi connectivity index (χ1) is 12.7. The van der Waals surface area contributed by atoms with Crippen LogP contribution in [0.15, 0.2) is 40.1 Å². The first-order valence-electron chi connectivity index (χ1n) is 9.33. The van der Waals surface area contributed by atoms with E-state index in [9.17, 15) is 0 Å². The van der Waals surface area contributed by atoms with Crippen molar-refractivity contribution in [1.82, 2.24) is 15.6 Å². The van der Waals surface area contributed by atoms with Gasteiger partial charge in [0.2, 0.25) is 5.88 Å². The van der Waals surface area contributed by atoms with Crippen LogP contribution in [0.3, 0.4) is 0 Å². The van der Waals surface area contributed by atoms with Crippen molar-refractivity contribution in [2.45, 2.75) is 51.2 Å². The molecule has 0 bridgehead atoms. The molecule has 0 radical (unpaired) electrons. The summed E-state index contributed by atoms with van der Waals surface area (Å²) in [6.07, 6.45) is 7.06. The number of ether oxygens (including phenoxy) is 1. The van der Waals surface area contributed by atoms with Crippen molar-refractivity contribution in [1.29, 1.82) is 0 Å². The van der Waals surface area contributed by atoms with E-state index in [4.69, 9.17) is 4.74 Å². The summed E-state index contributed by atoms with van der Waals surface area (Å²) in [4.78, 5) is 8.73. The van der Waals surface area contributed by atoms with Crippen molar-refractivity contribution >= 4 is 17.3 Å². The fourth-order valence-electron chi connectivity index (χ4n) is 3.09. The number of hydrogen-bond acceptors (Lipinski definition) is 4. The van der Waals surface area contributed by atoms with Gasteiger partial charge in [-0.1, -0.05) is 13.0 Å². The number of thiophene rings is 1. The minimum absolute atomic E-state index is 0.347. The molecule has 140 valence electrons. The van der Waals surface area contributed by atoms with E-state index in [0.717, 1.165) is 36.8 Å². The highest BCUT2D eigenvalue weighted by atomic mass is 32.1. The van der Waals surface area contributed by atoms with Crippen LogP contribution in [0.5, 0.6) is 5.88 Å². The second-order valence-electron chi connectivity index (χ2n) is 6.79. The second-order valence-corrected chi connectivity index (χ2v) is 7.57. The van der Waals surface area contributed by atoms with E-state index in [0.29, 0.717) is 18.6 Å². The van der Waals surface area contributed by atoms with E-state index < -0.39 is 0 Å². The van der Waals surface area contributed by atoms with Crippen LogP contribution in [-0.2, 0) is 6.54 Å². The van der Waals surface area contributed by atoms with Crippen molar-refractivity contribution in [2.24, 2.45) is 4.99 Å². The van der Waals surface area contributed by atoms with E-state index in [1.807, 2.05) is 12.3 Å². The molecule has 1 fully saturated rings. The maximum atomic E-state index is 5.91. The predicted octanol–water partition coefficient (Wildman–Crippen LogP) is 3.93. The summed E-state index contributed by atoms with van der Waals surface area (Å²) < 4.78 is 5.91. The molecule has 2 aromatic heterocycles. The standard InChI is InChI=1S/C20H28N4OS/c1-15(17-9-10-26-14-17)11-23-20(21-2)24-13-16-7-8-19(22-12-16)25-18-5-3-4-6-18/h7-10,12,14-15,18H,3-6,11,13H2,1-2H3,(H2,21,23,24). The molecule has 1 atom stereocenters. The lowest BCUT2D eigenvalue weighted by molar-refractivity contribution is 0.201. The van der Waals surface area contributed by atoms with Gasteiger partial charge in [0.25, 0.3) is 0 Å². The van der Waals surface area contributed by atoms with Crippen LogP contribution in [0.2, 0.25) is 0 Å². The van der Waals surface area contributed by atoms with Gasteiger partial charge in [-0.2, -0.15) is 11.3 Å². The number of aromatic nitrogens is 1. The number of guanidine groups is 1. The fraction of sp³-hybridized carbons (Fsp3) is 0.500. The summed E-state index contributed by atoms with van der Waals surface area (Å²) in [5.74, 6) is 1.99. The summed E-state index contributed by atoms with van der Waals surface area (Å²) in [7, 11) is 1.79. The average Bonchev–Trinajstić information content (AvgIpc) is 3.37. The monoisotopic (exact) mass is 372 g/mol. The highest BCUT2D eigenvalue weighted by Crippen LogP contribution is 2.22. The molecular formula is C20H28N4OS. The van der Waals surface area contributed by atoms with Crippen LogP contribution in [0.4, 0.5) is 0 Å². The van der Waals surface area contributed by atoms with E-state index in [1.54, 1.807) is 18.4 Å². The Morgan fingerprint density at radius 1 is 1.31 bits per heavy atom. The second kappa shape index (κ2) is 9.57. The molecule has 1 aliphatic carbocycles. The summed E-state index contributed by atoms with van der Waals surface area (Å²) >= 11 is 1.74. The number of pyridine rings is 1. The molecule has 5 nitrogen and oxygen atoms in total. The van der Waals surface area contributed by atoms with E-state index in [2.05, 4.69) is 50.4 Å². The predicted molar refractivity (Wildman–Crippen MR) is 108 cm³/mol. The Bertz CT molecular complexity index is 678. The lowest BCUT2D eigenvalue weighted by Crippen LogP contribution is -2.38. The first kappa shape index (κ1) is 18.7. The zero-order valence-corrected chi connectivity index (χ0v) is 16.4. The number of hydrogen-bond donors (Lipinski definition) is 2. The maximum absolute atomic E-state index is 5.91. The molecule has 0 spiro atoms. The van der Waals surface area contributed by atoms with Gasteiger partial charge in [-0.3, -0.25) is 4.99 Å². The highest BCUT2D eigenvalue weighted by molar-refractivity contribution is 7.07. The van der Waals surface area contributed by atoms with Crippen LogP contribution in [-0.4, -0.2) is 30.6 Å². The van der Waals surface area contributed by atoms with Gasteiger partial charge < -0.3 is 15.4 Å². The zero-order valence-electron chi connectivity index (χ0n) is 15.6. The minimum Gasteiger partial charge on any atom is -0.474 e. The Morgan fingerprint density at radius 2 is 2.15 bits per heavy atom. The fourth-order valence-corrected chi connectivity index (χ4v) is 3.87. The molecule has 2 aromatic rings. The van der Waals surface area contributed by atoms with Gasteiger partial charge in [-0.25, -0.2) is 4.98 Å². The van der Waals surface area contributed by atoms with Crippen molar-refractivity contribution in [2.75, 3.05) is 13.6 Å². The van der Waals surface area contributed by atoms with E-state index in [1.165, 1.54) is 18.4 Å². The van der Waals surface area contributed by atoms with Crippen LogP contribution in [0.1, 0.15) is 49.7 Å². The third kappa shape index (κ3) is 5.46. The van der Waals surface area contributed by atoms with Crippen LogP contribution in [0.25, 0.3) is 0 Å². The first-order valence-corrected chi connectivity index (χ1v) is 10.3. The largest absolute Gasteiger partial charge is 0.474 e. The highest BCUT2D eigenvalue weighted by Gasteiger charge is 2.16. The van der Waals surface area contributed by atoms with Crippen LogP contribution < -0.4 is 15.4 Å². The number of nitrogens with zero attached hydrogens (tertiary/aromatic N) is 2. The molecule has 2 N–H and O–H groups in total. The van der Waals surface area contributed by atoms with E-state index >= 15 is 0 Å². The quantitative estimate of drug-likeness (QED) is 0.571.